The molecule has 2 fully saturated rings. The smallest absolute Gasteiger partial charge is 0.249 e. The van der Waals surface area contributed by atoms with Crippen LogP contribution < -0.4 is 5.32 Å². The van der Waals surface area contributed by atoms with Crippen molar-refractivity contribution < 1.29 is 9.59 Å². The van der Waals surface area contributed by atoms with E-state index in [0.717, 1.165) is 31.2 Å². The van der Waals surface area contributed by atoms with Gasteiger partial charge in [0.2, 0.25) is 11.8 Å². The molecule has 1 saturated carbocycles. The van der Waals surface area contributed by atoms with E-state index in [9.17, 15) is 9.59 Å². The molecule has 3 rings (SSSR count). The Morgan fingerprint density at radius 1 is 1.19 bits per heavy atom. The van der Waals surface area contributed by atoms with Crippen molar-refractivity contribution in [1.29, 1.82) is 0 Å². The Kier molecular flexibility index (Phi) is 3.47. The Hall–Kier alpha value is -1.84. The van der Waals surface area contributed by atoms with Gasteiger partial charge >= 0.3 is 0 Å². The van der Waals surface area contributed by atoms with Gasteiger partial charge in [0.25, 0.3) is 0 Å². The van der Waals surface area contributed by atoms with Gasteiger partial charge in [-0.3, -0.25) is 9.59 Å². The zero-order valence-electron chi connectivity index (χ0n) is 12.7. The maximum absolute atomic E-state index is 12.8. The molecule has 1 N–H and O–H groups in total. The van der Waals surface area contributed by atoms with Crippen molar-refractivity contribution in [2.75, 3.05) is 6.54 Å². The lowest BCUT2D eigenvalue weighted by Crippen LogP contribution is -2.65. The number of amides is 2. The zero-order valence-corrected chi connectivity index (χ0v) is 12.7. The highest BCUT2D eigenvalue weighted by Gasteiger charge is 2.48. The summed E-state index contributed by atoms with van der Waals surface area (Å²) in [6.45, 7) is 4.80. The van der Waals surface area contributed by atoms with Crippen LogP contribution in [0.1, 0.15) is 42.4 Å². The molecule has 1 aliphatic heterocycles. The van der Waals surface area contributed by atoms with Gasteiger partial charge in [0.05, 0.1) is 6.54 Å². The topological polar surface area (TPSA) is 49.4 Å². The number of nitrogens with zero attached hydrogens (tertiary/aromatic N) is 1. The molecule has 112 valence electrons. The average molecular weight is 286 g/mol. The largest absolute Gasteiger partial charge is 0.340 e. The Labute approximate surface area is 125 Å². The van der Waals surface area contributed by atoms with E-state index < -0.39 is 5.54 Å². The van der Waals surface area contributed by atoms with Crippen LogP contribution >= 0.6 is 0 Å². The molecule has 1 aliphatic carbocycles. The number of piperazine rings is 1. The number of benzene rings is 1. The molecular weight excluding hydrogens is 264 g/mol. The van der Waals surface area contributed by atoms with Crippen LogP contribution in [0.25, 0.3) is 0 Å². The lowest BCUT2D eigenvalue weighted by molar-refractivity contribution is -0.150. The van der Waals surface area contributed by atoms with Crippen molar-refractivity contribution in [3.63, 3.8) is 0 Å². The fourth-order valence-electron chi connectivity index (χ4n) is 3.53. The van der Waals surface area contributed by atoms with Crippen molar-refractivity contribution >= 4 is 11.8 Å². The fraction of sp³-hybridized carbons (Fsp3) is 0.529. The molecule has 1 aromatic rings. The standard InChI is InChI=1S/C17H22N2O2/c1-12-5-6-13(2)14(9-12)10-19-11-15(20)18-17(16(19)21)7-3-4-8-17/h5-6,9H,3-4,7-8,10-11H2,1-2H3,(H,18,20). The first-order chi connectivity index (χ1) is 10.00. The molecular formula is C17H22N2O2. The average Bonchev–Trinajstić information content (AvgIpc) is 2.89. The van der Waals surface area contributed by atoms with Gasteiger partial charge < -0.3 is 10.2 Å². The quantitative estimate of drug-likeness (QED) is 0.905. The maximum atomic E-state index is 12.8. The van der Waals surface area contributed by atoms with Crippen LogP contribution in [-0.4, -0.2) is 28.8 Å². The summed E-state index contributed by atoms with van der Waals surface area (Å²) >= 11 is 0. The third kappa shape index (κ3) is 2.55. The summed E-state index contributed by atoms with van der Waals surface area (Å²) in [7, 11) is 0. The number of hydrogen-bond donors (Lipinski definition) is 1. The Bertz CT molecular complexity index is 588. The lowest BCUT2D eigenvalue weighted by atomic mass is 9.92. The highest BCUT2D eigenvalue weighted by Crippen LogP contribution is 2.33. The van der Waals surface area contributed by atoms with Crippen LogP contribution in [-0.2, 0) is 16.1 Å². The van der Waals surface area contributed by atoms with Crippen LogP contribution in [0.3, 0.4) is 0 Å². The SMILES string of the molecule is Cc1ccc(C)c(CN2CC(=O)NC3(CCCC3)C2=O)c1. The van der Waals surface area contributed by atoms with Crippen LogP contribution in [0.4, 0.5) is 0 Å². The second-order valence-corrected chi connectivity index (χ2v) is 6.43. The molecule has 1 aromatic carbocycles. The zero-order chi connectivity index (χ0) is 15.0. The van der Waals surface area contributed by atoms with E-state index in [0.29, 0.717) is 6.54 Å². The summed E-state index contributed by atoms with van der Waals surface area (Å²) in [4.78, 5) is 26.6. The number of carbonyl (C=O) groups excluding carboxylic acids is 2. The molecule has 0 radical (unpaired) electrons. The number of rotatable bonds is 2. The minimum absolute atomic E-state index is 0.0261. The monoisotopic (exact) mass is 286 g/mol. The van der Waals surface area contributed by atoms with Gasteiger partial charge in [-0.05, 0) is 37.8 Å². The highest BCUT2D eigenvalue weighted by molar-refractivity contribution is 5.98. The lowest BCUT2D eigenvalue weighted by Gasteiger charge is -2.40. The fourth-order valence-corrected chi connectivity index (χ4v) is 3.53. The molecule has 21 heavy (non-hydrogen) atoms. The van der Waals surface area contributed by atoms with E-state index in [4.69, 9.17) is 0 Å². The second-order valence-electron chi connectivity index (χ2n) is 6.43. The van der Waals surface area contributed by atoms with Gasteiger partial charge in [0, 0.05) is 6.54 Å². The summed E-state index contributed by atoms with van der Waals surface area (Å²) in [5.74, 6) is 0.0716. The van der Waals surface area contributed by atoms with Crippen LogP contribution in [0.5, 0.6) is 0 Å². The summed E-state index contributed by atoms with van der Waals surface area (Å²) in [6.07, 6.45) is 3.59. The molecule has 4 heteroatoms. The molecule has 2 aliphatic rings. The number of carbonyl (C=O) groups is 2. The van der Waals surface area contributed by atoms with Crippen molar-refractivity contribution in [1.82, 2.24) is 10.2 Å². The van der Waals surface area contributed by atoms with E-state index in [1.165, 1.54) is 11.1 Å². The third-order valence-corrected chi connectivity index (χ3v) is 4.73. The molecule has 0 atom stereocenters. The van der Waals surface area contributed by atoms with E-state index in [2.05, 4.69) is 30.4 Å². The maximum Gasteiger partial charge on any atom is 0.249 e. The van der Waals surface area contributed by atoms with Gasteiger partial charge in [0.15, 0.2) is 0 Å². The predicted molar refractivity (Wildman–Crippen MR) is 80.7 cm³/mol. The Morgan fingerprint density at radius 2 is 1.90 bits per heavy atom. The van der Waals surface area contributed by atoms with E-state index in [1.807, 2.05) is 6.92 Å². The molecule has 2 amide bonds. The highest BCUT2D eigenvalue weighted by atomic mass is 16.2. The van der Waals surface area contributed by atoms with Gasteiger partial charge in [0.1, 0.15) is 5.54 Å². The van der Waals surface area contributed by atoms with Crippen molar-refractivity contribution in [2.45, 2.75) is 51.6 Å². The minimum Gasteiger partial charge on any atom is -0.340 e. The van der Waals surface area contributed by atoms with E-state index in [1.54, 1.807) is 4.90 Å². The van der Waals surface area contributed by atoms with Gasteiger partial charge in [-0.1, -0.05) is 36.6 Å². The van der Waals surface area contributed by atoms with Crippen molar-refractivity contribution in [2.24, 2.45) is 0 Å². The van der Waals surface area contributed by atoms with Gasteiger partial charge in [-0.25, -0.2) is 0 Å². The molecule has 1 heterocycles. The molecule has 1 spiro atoms. The Balaban J connectivity index is 1.85. The summed E-state index contributed by atoms with van der Waals surface area (Å²) in [5, 5.41) is 2.95. The number of hydrogen-bond acceptors (Lipinski definition) is 2. The minimum atomic E-state index is -0.618. The normalized spacial score (nSPS) is 21.0. The summed E-state index contributed by atoms with van der Waals surface area (Å²) < 4.78 is 0. The Morgan fingerprint density at radius 3 is 2.62 bits per heavy atom. The molecule has 0 bridgehead atoms. The summed E-state index contributed by atoms with van der Waals surface area (Å²) in [6, 6.07) is 6.25. The van der Waals surface area contributed by atoms with Crippen LogP contribution in [0.2, 0.25) is 0 Å². The molecule has 1 saturated heterocycles. The molecule has 4 nitrogen and oxygen atoms in total. The molecule has 0 aromatic heterocycles. The van der Waals surface area contributed by atoms with E-state index in [-0.39, 0.29) is 18.4 Å². The van der Waals surface area contributed by atoms with Gasteiger partial charge in [-0.2, -0.15) is 0 Å². The van der Waals surface area contributed by atoms with Crippen molar-refractivity contribution in [3.8, 4) is 0 Å². The number of nitrogens with one attached hydrogen (secondary N) is 1. The summed E-state index contributed by atoms with van der Waals surface area (Å²) in [5.41, 5.74) is 2.86. The third-order valence-electron chi connectivity index (χ3n) is 4.73. The number of aryl methyl sites for hydroxylation is 2. The second kappa shape index (κ2) is 5.17. The first-order valence-electron chi connectivity index (χ1n) is 7.67. The predicted octanol–water partition coefficient (Wildman–Crippen LogP) is 2.07. The van der Waals surface area contributed by atoms with Crippen LogP contribution in [0, 0.1) is 13.8 Å². The van der Waals surface area contributed by atoms with Crippen molar-refractivity contribution in [3.05, 3.63) is 34.9 Å². The van der Waals surface area contributed by atoms with E-state index >= 15 is 0 Å². The molecule has 0 unspecified atom stereocenters. The van der Waals surface area contributed by atoms with Gasteiger partial charge in [-0.15, -0.1) is 0 Å². The first kappa shape index (κ1) is 14.1. The first-order valence-corrected chi connectivity index (χ1v) is 7.67. The van der Waals surface area contributed by atoms with Crippen LogP contribution in [0.15, 0.2) is 18.2 Å².